The van der Waals surface area contributed by atoms with Crippen molar-refractivity contribution in [2.24, 2.45) is 0 Å². The van der Waals surface area contributed by atoms with Crippen LogP contribution >= 0.6 is 0 Å². The average Bonchev–Trinajstić information content (AvgIpc) is 3.10. The van der Waals surface area contributed by atoms with Crippen molar-refractivity contribution in [2.45, 2.75) is 32.2 Å². The van der Waals surface area contributed by atoms with Gasteiger partial charge in [0.15, 0.2) is 11.4 Å². The molecule has 1 saturated heterocycles. The van der Waals surface area contributed by atoms with Crippen LogP contribution in [0.3, 0.4) is 0 Å². The topological polar surface area (TPSA) is 56.6 Å². The zero-order valence-corrected chi connectivity index (χ0v) is 14.9. The van der Waals surface area contributed by atoms with Gasteiger partial charge in [-0.25, -0.2) is 4.68 Å². The van der Waals surface area contributed by atoms with Crippen molar-refractivity contribution >= 4 is 5.91 Å². The molecule has 1 aromatic carbocycles. The number of hydrogen-bond donors (Lipinski definition) is 0. The van der Waals surface area contributed by atoms with Gasteiger partial charge in [-0.1, -0.05) is 25.1 Å². The van der Waals surface area contributed by atoms with E-state index in [-0.39, 0.29) is 11.9 Å². The first-order chi connectivity index (χ1) is 12.2. The second kappa shape index (κ2) is 8.16. The third-order valence-corrected chi connectivity index (χ3v) is 4.37. The quantitative estimate of drug-likeness (QED) is 0.809. The van der Waals surface area contributed by atoms with E-state index < -0.39 is 0 Å². The molecule has 0 spiro atoms. The lowest BCUT2D eigenvalue weighted by Gasteiger charge is -2.30. The first-order valence-corrected chi connectivity index (χ1v) is 8.83. The molecule has 25 heavy (non-hydrogen) atoms. The van der Waals surface area contributed by atoms with Gasteiger partial charge in [0.2, 0.25) is 0 Å². The van der Waals surface area contributed by atoms with Crippen LogP contribution < -0.4 is 4.74 Å². The van der Waals surface area contributed by atoms with Crippen LogP contribution in [0, 0.1) is 0 Å². The summed E-state index contributed by atoms with van der Waals surface area (Å²) in [4.78, 5) is 14.7. The van der Waals surface area contributed by atoms with Crippen molar-refractivity contribution in [1.29, 1.82) is 0 Å². The number of hydrogen-bond acceptors (Lipinski definition) is 4. The van der Waals surface area contributed by atoms with Gasteiger partial charge in [0.25, 0.3) is 5.91 Å². The van der Waals surface area contributed by atoms with Crippen LogP contribution in [-0.4, -0.2) is 53.5 Å². The summed E-state index contributed by atoms with van der Waals surface area (Å²) in [7, 11) is 1.81. The van der Waals surface area contributed by atoms with Gasteiger partial charge in [-0.3, -0.25) is 4.79 Å². The van der Waals surface area contributed by atoms with Crippen molar-refractivity contribution in [3.8, 4) is 11.4 Å². The summed E-state index contributed by atoms with van der Waals surface area (Å²) in [5, 5.41) is 4.51. The Bertz CT molecular complexity index is 693. The molecule has 1 amide bonds. The largest absolute Gasteiger partial charge is 0.489 e. The van der Waals surface area contributed by atoms with Gasteiger partial charge in [-0.2, -0.15) is 5.10 Å². The maximum atomic E-state index is 13.0. The number of carbonyl (C=O) groups excluding carboxylic acids is 1. The third-order valence-electron chi connectivity index (χ3n) is 4.37. The smallest absolute Gasteiger partial charge is 0.278 e. The molecule has 2 heterocycles. The Kier molecular flexibility index (Phi) is 5.71. The van der Waals surface area contributed by atoms with Crippen LogP contribution in [0.25, 0.3) is 5.69 Å². The standard InChI is InChI=1S/C19H25N3O3/c1-3-11-25-17-13-22(15-8-5-4-6-9-15)20-18(17)19(23)21(2)16-10-7-12-24-14-16/h4-6,8-9,13,16H,3,7,10-12,14H2,1-2H3. The highest BCUT2D eigenvalue weighted by atomic mass is 16.5. The van der Waals surface area contributed by atoms with E-state index in [2.05, 4.69) is 5.10 Å². The summed E-state index contributed by atoms with van der Waals surface area (Å²) in [6.07, 6.45) is 4.58. The van der Waals surface area contributed by atoms with E-state index in [1.165, 1.54) is 0 Å². The van der Waals surface area contributed by atoms with Crippen LogP contribution in [0.5, 0.6) is 5.75 Å². The van der Waals surface area contributed by atoms with Crippen LogP contribution in [0.2, 0.25) is 0 Å². The molecule has 1 aromatic heterocycles. The summed E-state index contributed by atoms with van der Waals surface area (Å²) in [5.41, 5.74) is 1.25. The monoisotopic (exact) mass is 343 g/mol. The van der Waals surface area contributed by atoms with Crippen molar-refractivity contribution < 1.29 is 14.3 Å². The number of benzene rings is 1. The summed E-state index contributed by atoms with van der Waals surface area (Å²) in [6, 6.07) is 9.81. The normalized spacial score (nSPS) is 17.3. The maximum absolute atomic E-state index is 13.0. The molecule has 1 aliphatic rings. The predicted octanol–water partition coefficient (Wildman–Crippen LogP) is 2.91. The summed E-state index contributed by atoms with van der Waals surface area (Å²) in [5.74, 6) is 0.399. The molecular weight excluding hydrogens is 318 g/mol. The lowest BCUT2D eigenvalue weighted by molar-refractivity contribution is 0.0239. The average molecular weight is 343 g/mol. The molecule has 1 aliphatic heterocycles. The number of para-hydroxylation sites is 1. The SMILES string of the molecule is CCCOc1cn(-c2ccccc2)nc1C(=O)N(C)C1CCCOC1. The Morgan fingerprint density at radius 1 is 1.40 bits per heavy atom. The van der Waals surface area contributed by atoms with Gasteiger partial charge in [0.1, 0.15) is 0 Å². The molecule has 2 aromatic rings. The molecule has 1 fully saturated rings. The summed E-state index contributed by atoms with van der Waals surface area (Å²) in [6.45, 7) is 3.93. The minimum Gasteiger partial charge on any atom is -0.489 e. The molecule has 0 N–H and O–H groups in total. The van der Waals surface area contributed by atoms with Gasteiger partial charge in [-0.15, -0.1) is 0 Å². The van der Waals surface area contributed by atoms with Crippen molar-refractivity contribution in [2.75, 3.05) is 26.9 Å². The van der Waals surface area contributed by atoms with Gasteiger partial charge >= 0.3 is 0 Å². The molecule has 6 heteroatoms. The molecule has 0 aliphatic carbocycles. The minimum absolute atomic E-state index is 0.0853. The third kappa shape index (κ3) is 4.02. The van der Waals surface area contributed by atoms with E-state index in [9.17, 15) is 4.79 Å². The Balaban J connectivity index is 1.87. The Morgan fingerprint density at radius 3 is 2.88 bits per heavy atom. The fourth-order valence-electron chi connectivity index (χ4n) is 2.90. The van der Waals surface area contributed by atoms with E-state index in [0.717, 1.165) is 31.6 Å². The molecule has 134 valence electrons. The molecule has 3 rings (SSSR count). The summed E-state index contributed by atoms with van der Waals surface area (Å²) < 4.78 is 13.0. The van der Waals surface area contributed by atoms with E-state index in [1.54, 1.807) is 15.8 Å². The number of nitrogens with zero attached hydrogens (tertiary/aromatic N) is 3. The lowest BCUT2D eigenvalue weighted by Crippen LogP contribution is -2.42. The zero-order chi connectivity index (χ0) is 17.6. The van der Waals surface area contributed by atoms with Crippen molar-refractivity contribution in [1.82, 2.24) is 14.7 Å². The second-order valence-corrected chi connectivity index (χ2v) is 6.26. The minimum atomic E-state index is -0.128. The first kappa shape index (κ1) is 17.5. The second-order valence-electron chi connectivity index (χ2n) is 6.26. The first-order valence-electron chi connectivity index (χ1n) is 8.83. The van der Waals surface area contributed by atoms with Crippen LogP contribution in [0.15, 0.2) is 36.5 Å². The highest BCUT2D eigenvalue weighted by Gasteiger charge is 2.28. The number of likely N-dealkylation sites (N-methyl/N-ethyl adjacent to an activating group) is 1. The molecule has 0 saturated carbocycles. The van der Waals surface area contributed by atoms with Crippen LogP contribution in [0.4, 0.5) is 0 Å². The van der Waals surface area contributed by atoms with E-state index >= 15 is 0 Å². The number of amides is 1. The molecular formula is C19H25N3O3. The highest BCUT2D eigenvalue weighted by Crippen LogP contribution is 2.23. The van der Waals surface area contributed by atoms with Crippen LogP contribution in [0.1, 0.15) is 36.7 Å². The lowest BCUT2D eigenvalue weighted by atomic mass is 10.1. The fourth-order valence-corrected chi connectivity index (χ4v) is 2.90. The Labute approximate surface area is 148 Å². The molecule has 1 unspecified atom stereocenters. The predicted molar refractivity (Wildman–Crippen MR) is 95.3 cm³/mol. The van der Waals surface area contributed by atoms with Gasteiger partial charge < -0.3 is 14.4 Å². The fraction of sp³-hybridized carbons (Fsp3) is 0.474. The number of aromatic nitrogens is 2. The number of ether oxygens (including phenoxy) is 2. The molecule has 0 radical (unpaired) electrons. The van der Waals surface area contributed by atoms with Gasteiger partial charge in [-0.05, 0) is 31.4 Å². The zero-order valence-electron chi connectivity index (χ0n) is 14.9. The Hall–Kier alpha value is -2.34. The number of rotatable bonds is 6. The van der Waals surface area contributed by atoms with E-state index in [1.807, 2.05) is 44.3 Å². The number of carbonyl (C=O) groups is 1. The molecule has 1 atom stereocenters. The van der Waals surface area contributed by atoms with Gasteiger partial charge in [0, 0.05) is 13.7 Å². The van der Waals surface area contributed by atoms with Crippen LogP contribution in [-0.2, 0) is 4.74 Å². The summed E-state index contributed by atoms with van der Waals surface area (Å²) >= 11 is 0. The molecule has 6 nitrogen and oxygen atoms in total. The molecule has 0 bridgehead atoms. The van der Waals surface area contributed by atoms with Gasteiger partial charge in [0.05, 0.1) is 31.1 Å². The van der Waals surface area contributed by atoms with E-state index in [4.69, 9.17) is 9.47 Å². The van der Waals surface area contributed by atoms with Crippen molar-refractivity contribution in [3.05, 3.63) is 42.2 Å². The maximum Gasteiger partial charge on any atom is 0.278 e. The Morgan fingerprint density at radius 2 is 2.20 bits per heavy atom. The van der Waals surface area contributed by atoms with Crippen molar-refractivity contribution in [3.63, 3.8) is 0 Å². The van der Waals surface area contributed by atoms with E-state index in [0.29, 0.717) is 24.7 Å². The highest BCUT2D eigenvalue weighted by molar-refractivity contribution is 5.95.